The van der Waals surface area contributed by atoms with E-state index in [1.54, 1.807) is 55.5 Å². The minimum absolute atomic E-state index is 0.178. The number of nitrogens with zero attached hydrogens (tertiary/aromatic N) is 1. The van der Waals surface area contributed by atoms with Gasteiger partial charge in [0.05, 0.1) is 12.3 Å². The molecule has 7 heteroatoms. The molecule has 0 bridgehead atoms. The standard InChI is InChI=1S/C21H21N3O4/c1-4-28-16-11-9-15(10-12-16)22-14(3)18-19(25)23-21(27)24(20(18)26)17-8-6-5-7-13(17)2/h5-12,18,22H,3-4H2,1-2H3,(H,23,25,27)/t18-/m0/s1. The predicted molar refractivity (Wildman–Crippen MR) is 106 cm³/mol. The van der Waals surface area contributed by atoms with E-state index in [1.807, 2.05) is 6.92 Å². The Bertz CT molecular complexity index is 937. The number of hydrogen-bond donors (Lipinski definition) is 2. The van der Waals surface area contributed by atoms with Crippen molar-refractivity contribution in [2.24, 2.45) is 5.92 Å². The van der Waals surface area contributed by atoms with E-state index in [-0.39, 0.29) is 5.70 Å². The van der Waals surface area contributed by atoms with Crippen LogP contribution in [-0.2, 0) is 9.59 Å². The SMILES string of the molecule is C=C(Nc1ccc(OCC)cc1)[C@H]1C(=O)NC(=O)N(c2ccccc2C)C1=O. The fourth-order valence-corrected chi connectivity index (χ4v) is 2.98. The number of hydrogen-bond acceptors (Lipinski definition) is 5. The molecule has 0 saturated carbocycles. The van der Waals surface area contributed by atoms with Gasteiger partial charge in [-0.25, -0.2) is 9.69 Å². The van der Waals surface area contributed by atoms with Crippen LogP contribution in [0.15, 0.2) is 60.8 Å². The molecule has 1 saturated heterocycles. The van der Waals surface area contributed by atoms with Gasteiger partial charge in [-0.2, -0.15) is 0 Å². The third-order valence-corrected chi connectivity index (χ3v) is 4.34. The van der Waals surface area contributed by atoms with E-state index in [0.717, 1.165) is 10.5 Å². The number of urea groups is 1. The van der Waals surface area contributed by atoms with Crippen molar-refractivity contribution >= 4 is 29.2 Å². The summed E-state index contributed by atoms with van der Waals surface area (Å²) in [6, 6.07) is 13.3. The summed E-state index contributed by atoms with van der Waals surface area (Å²) >= 11 is 0. The minimum atomic E-state index is -1.23. The van der Waals surface area contributed by atoms with Gasteiger partial charge in [-0.05, 0) is 49.7 Å². The van der Waals surface area contributed by atoms with Crippen LogP contribution in [0.25, 0.3) is 0 Å². The molecule has 0 spiro atoms. The number of carbonyl (C=O) groups is 3. The molecule has 0 radical (unpaired) electrons. The van der Waals surface area contributed by atoms with Crippen LogP contribution in [0.4, 0.5) is 16.2 Å². The summed E-state index contributed by atoms with van der Waals surface area (Å²) in [4.78, 5) is 38.6. The van der Waals surface area contributed by atoms with Gasteiger partial charge in [0.2, 0.25) is 5.91 Å². The molecule has 1 fully saturated rings. The molecule has 2 aromatic rings. The number of anilines is 2. The summed E-state index contributed by atoms with van der Waals surface area (Å²) in [7, 11) is 0. The van der Waals surface area contributed by atoms with Crippen molar-refractivity contribution in [3.8, 4) is 5.75 Å². The number of imide groups is 2. The van der Waals surface area contributed by atoms with Crippen molar-refractivity contribution in [3.63, 3.8) is 0 Å². The molecule has 1 aliphatic heterocycles. The quantitative estimate of drug-likeness (QED) is 0.753. The van der Waals surface area contributed by atoms with Crippen molar-refractivity contribution in [1.29, 1.82) is 0 Å². The molecule has 2 aromatic carbocycles. The van der Waals surface area contributed by atoms with Gasteiger partial charge in [0.1, 0.15) is 5.75 Å². The highest BCUT2D eigenvalue weighted by Crippen LogP contribution is 2.27. The van der Waals surface area contributed by atoms with Crippen LogP contribution in [-0.4, -0.2) is 24.5 Å². The molecule has 4 amide bonds. The van der Waals surface area contributed by atoms with Gasteiger partial charge < -0.3 is 10.1 Å². The second-order valence-corrected chi connectivity index (χ2v) is 6.30. The number of carbonyl (C=O) groups excluding carboxylic acids is 3. The zero-order valence-corrected chi connectivity index (χ0v) is 15.7. The van der Waals surface area contributed by atoms with E-state index in [9.17, 15) is 14.4 Å². The lowest BCUT2D eigenvalue weighted by Gasteiger charge is -2.32. The number of nitrogens with one attached hydrogen (secondary N) is 2. The highest BCUT2D eigenvalue weighted by molar-refractivity contribution is 6.29. The Hall–Kier alpha value is -3.61. The maximum atomic E-state index is 13.0. The summed E-state index contributed by atoms with van der Waals surface area (Å²) in [5.41, 5.74) is 1.99. The van der Waals surface area contributed by atoms with Crippen LogP contribution in [0.2, 0.25) is 0 Å². The summed E-state index contributed by atoms with van der Waals surface area (Å²) < 4.78 is 5.39. The molecular formula is C21H21N3O4. The molecule has 0 aliphatic carbocycles. The third-order valence-electron chi connectivity index (χ3n) is 4.34. The number of aryl methyl sites for hydroxylation is 1. The van der Waals surface area contributed by atoms with E-state index in [0.29, 0.717) is 23.7 Å². The van der Waals surface area contributed by atoms with E-state index < -0.39 is 23.8 Å². The van der Waals surface area contributed by atoms with Crippen molar-refractivity contribution in [2.75, 3.05) is 16.8 Å². The Labute approximate surface area is 163 Å². The van der Waals surface area contributed by atoms with Crippen LogP contribution in [0.5, 0.6) is 5.75 Å². The van der Waals surface area contributed by atoms with Gasteiger partial charge in [0.15, 0.2) is 5.92 Å². The van der Waals surface area contributed by atoms with Crippen LogP contribution >= 0.6 is 0 Å². The fourth-order valence-electron chi connectivity index (χ4n) is 2.98. The Kier molecular flexibility index (Phi) is 5.44. The molecule has 2 N–H and O–H groups in total. The second kappa shape index (κ2) is 7.96. The van der Waals surface area contributed by atoms with Gasteiger partial charge in [-0.3, -0.25) is 14.9 Å². The molecule has 144 valence electrons. The van der Waals surface area contributed by atoms with Crippen LogP contribution in [0.3, 0.4) is 0 Å². The van der Waals surface area contributed by atoms with Gasteiger partial charge in [0, 0.05) is 11.4 Å². The highest BCUT2D eigenvalue weighted by Gasteiger charge is 2.43. The third kappa shape index (κ3) is 3.73. The monoisotopic (exact) mass is 379 g/mol. The molecule has 28 heavy (non-hydrogen) atoms. The first-order valence-electron chi connectivity index (χ1n) is 8.85. The number of benzene rings is 2. The van der Waals surface area contributed by atoms with Crippen molar-refractivity contribution in [3.05, 3.63) is 66.4 Å². The van der Waals surface area contributed by atoms with E-state index in [2.05, 4.69) is 17.2 Å². The van der Waals surface area contributed by atoms with E-state index in [4.69, 9.17) is 4.74 Å². The Balaban J connectivity index is 1.82. The topological polar surface area (TPSA) is 87.7 Å². The zero-order chi connectivity index (χ0) is 20.3. The maximum Gasteiger partial charge on any atom is 0.335 e. The second-order valence-electron chi connectivity index (χ2n) is 6.30. The molecular weight excluding hydrogens is 358 g/mol. The van der Waals surface area contributed by atoms with Crippen LogP contribution in [0, 0.1) is 12.8 Å². The summed E-state index contributed by atoms with van der Waals surface area (Å²) in [6.07, 6.45) is 0. The fraction of sp³-hybridized carbons (Fsp3) is 0.190. The van der Waals surface area contributed by atoms with Crippen LogP contribution < -0.4 is 20.3 Å². The van der Waals surface area contributed by atoms with Gasteiger partial charge in [-0.15, -0.1) is 0 Å². The number of amides is 4. The largest absolute Gasteiger partial charge is 0.494 e. The smallest absolute Gasteiger partial charge is 0.335 e. The highest BCUT2D eigenvalue weighted by atomic mass is 16.5. The lowest BCUT2D eigenvalue weighted by Crippen LogP contribution is -2.59. The maximum absolute atomic E-state index is 13.0. The van der Waals surface area contributed by atoms with Crippen LogP contribution in [0.1, 0.15) is 12.5 Å². The minimum Gasteiger partial charge on any atom is -0.494 e. The Morgan fingerprint density at radius 3 is 2.46 bits per heavy atom. The normalized spacial score (nSPS) is 16.6. The number of barbiturate groups is 1. The number of rotatable bonds is 6. The Morgan fingerprint density at radius 1 is 1.14 bits per heavy atom. The lowest BCUT2D eigenvalue weighted by atomic mass is 10.00. The lowest BCUT2D eigenvalue weighted by molar-refractivity contribution is -0.132. The van der Waals surface area contributed by atoms with Gasteiger partial charge in [-0.1, -0.05) is 24.8 Å². The molecule has 0 aromatic heterocycles. The van der Waals surface area contributed by atoms with Crippen molar-refractivity contribution < 1.29 is 19.1 Å². The first-order chi connectivity index (χ1) is 13.4. The number of para-hydroxylation sites is 1. The summed E-state index contributed by atoms with van der Waals surface area (Å²) in [6.45, 7) is 8.08. The van der Waals surface area contributed by atoms with E-state index >= 15 is 0 Å². The molecule has 0 unspecified atom stereocenters. The van der Waals surface area contributed by atoms with Gasteiger partial charge >= 0.3 is 6.03 Å². The number of ether oxygens (including phenoxy) is 1. The van der Waals surface area contributed by atoms with Gasteiger partial charge in [0.25, 0.3) is 5.91 Å². The van der Waals surface area contributed by atoms with Crippen molar-refractivity contribution in [1.82, 2.24) is 5.32 Å². The predicted octanol–water partition coefficient (Wildman–Crippen LogP) is 3.22. The molecule has 1 aliphatic rings. The Morgan fingerprint density at radius 2 is 1.82 bits per heavy atom. The average molecular weight is 379 g/mol. The average Bonchev–Trinajstić information content (AvgIpc) is 2.64. The van der Waals surface area contributed by atoms with Crippen molar-refractivity contribution in [2.45, 2.75) is 13.8 Å². The summed E-state index contributed by atoms with van der Waals surface area (Å²) in [5, 5.41) is 5.21. The summed E-state index contributed by atoms with van der Waals surface area (Å²) in [5.74, 6) is -1.87. The zero-order valence-electron chi connectivity index (χ0n) is 15.7. The molecule has 3 rings (SSSR count). The molecule has 1 heterocycles. The first kappa shape index (κ1) is 19.2. The molecule has 1 atom stereocenters. The van der Waals surface area contributed by atoms with E-state index in [1.165, 1.54) is 0 Å². The molecule has 7 nitrogen and oxygen atoms in total. The first-order valence-corrected chi connectivity index (χ1v) is 8.85.